The molecule has 0 radical (unpaired) electrons. The van der Waals surface area contributed by atoms with Gasteiger partial charge in [-0.25, -0.2) is 18.4 Å². The van der Waals surface area contributed by atoms with Crippen molar-refractivity contribution in [2.75, 3.05) is 6.26 Å². The normalized spacial score (nSPS) is 26.3. The second-order valence-corrected chi connectivity index (χ2v) is 10.5. The van der Waals surface area contributed by atoms with E-state index in [4.69, 9.17) is 20.4 Å². The lowest BCUT2D eigenvalue weighted by molar-refractivity contribution is -0.0257. The second kappa shape index (κ2) is 6.30. The van der Waals surface area contributed by atoms with E-state index < -0.39 is 15.7 Å². The van der Waals surface area contributed by atoms with Crippen molar-refractivity contribution in [3.8, 4) is 0 Å². The summed E-state index contributed by atoms with van der Waals surface area (Å²) in [5, 5.41) is 3.23. The van der Waals surface area contributed by atoms with Crippen LogP contribution in [-0.2, 0) is 9.84 Å². The third-order valence-corrected chi connectivity index (χ3v) is 6.96. The molecule has 0 unspecified atom stereocenters. The van der Waals surface area contributed by atoms with Crippen LogP contribution in [0.1, 0.15) is 48.0 Å². The number of sulfone groups is 1. The maximum absolute atomic E-state index is 12.3. The molecule has 10 heteroatoms. The molecular formula is C19H18ClN3O5S. The highest BCUT2D eigenvalue weighted by Crippen LogP contribution is 2.61. The largest absolute Gasteiger partial charge is 0.440 e. The molecule has 2 aliphatic rings. The Morgan fingerprint density at radius 3 is 2.69 bits per heavy atom. The minimum Gasteiger partial charge on any atom is -0.440 e. The van der Waals surface area contributed by atoms with Crippen molar-refractivity contribution in [2.24, 2.45) is 5.41 Å². The molecule has 0 atom stereocenters. The van der Waals surface area contributed by atoms with Crippen molar-refractivity contribution < 1.29 is 22.0 Å². The Kier molecular flexibility index (Phi) is 4.05. The van der Waals surface area contributed by atoms with Crippen molar-refractivity contribution in [3.05, 3.63) is 41.1 Å². The van der Waals surface area contributed by atoms with Crippen LogP contribution in [0.5, 0.6) is 0 Å². The van der Waals surface area contributed by atoms with E-state index in [0.29, 0.717) is 22.1 Å². The van der Waals surface area contributed by atoms with Crippen LogP contribution in [-0.4, -0.2) is 36.6 Å². The predicted octanol–water partition coefficient (Wildman–Crippen LogP) is 3.33. The lowest BCUT2D eigenvalue weighted by Gasteiger charge is -2.57. The number of halogens is 1. The highest BCUT2D eigenvalue weighted by atomic mass is 35.5. The van der Waals surface area contributed by atoms with Gasteiger partial charge in [0.2, 0.25) is 26.5 Å². The molecule has 0 aromatic carbocycles. The van der Waals surface area contributed by atoms with Crippen molar-refractivity contribution >= 4 is 38.6 Å². The first-order valence-corrected chi connectivity index (χ1v) is 11.5. The second-order valence-electron chi connectivity index (χ2n) is 8.10. The minimum absolute atomic E-state index is 0.00972. The summed E-state index contributed by atoms with van der Waals surface area (Å²) in [5.41, 5.74) is 1.37. The van der Waals surface area contributed by atoms with Gasteiger partial charge in [-0.05, 0) is 49.3 Å². The average molecular weight is 436 g/mol. The van der Waals surface area contributed by atoms with Gasteiger partial charge in [0.25, 0.3) is 5.91 Å². The van der Waals surface area contributed by atoms with Crippen LogP contribution in [0.25, 0.3) is 11.2 Å². The number of carbonyl (C=O) groups excluding carboxylic acids is 1. The molecule has 1 spiro atoms. The maximum Gasteiger partial charge on any atom is 0.287 e. The number of nitrogens with one attached hydrogen (secondary N) is 1. The summed E-state index contributed by atoms with van der Waals surface area (Å²) in [5.74, 6) is 0.562. The van der Waals surface area contributed by atoms with Gasteiger partial charge in [-0.2, -0.15) is 0 Å². The fraction of sp³-hybridized carbons (Fsp3) is 0.421. The Morgan fingerprint density at radius 1 is 1.24 bits per heavy atom. The number of furan rings is 1. The predicted molar refractivity (Wildman–Crippen MR) is 104 cm³/mol. The van der Waals surface area contributed by atoms with Gasteiger partial charge >= 0.3 is 0 Å². The van der Waals surface area contributed by atoms with E-state index in [1.165, 1.54) is 18.3 Å². The number of fused-ring (bicyclic) bond motifs is 1. The fourth-order valence-corrected chi connectivity index (χ4v) is 5.18. The van der Waals surface area contributed by atoms with Gasteiger partial charge in [0, 0.05) is 24.4 Å². The molecule has 1 N–H and O–H groups in total. The van der Waals surface area contributed by atoms with Crippen LogP contribution in [0.3, 0.4) is 0 Å². The summed E-state index contributed by atoms with van der Waals surface area (Å²) >= 11 is 5.94. The molecule has 2 aliphatic carbocycles. The molecule has 5 rings (SSSR count). The third-order valence-electron chi connectivity index (χ3n) is 5.80. The van der Waals surface area contributed by atoms with Crippen molar-refractivity contribution in [3.63, 3.8) is 0 Å². The smallest absolute Gasteiger partial charge is 0.287 e. The highest BCUT2D eigenvalue weighted by Gasteiger charge is 2.54. The molecular weight excluding hydrogens is 418 g/mol. The van der Waals surface area contributed by atoms with Gasteiger partial charge < -0.3 is 14.2 Å². The molecule has 1 amide bonds. The zero-order chi connectivity index (χ0) is 20.4. The Labute approximate surface area is 171 Å². The lowest BCUT2D eigenvalue weighted by Crippen LogP contribution is -2.55. The van der Waals surface area contributed by atoms with Crippen LogP contribution in [0.15, 0.2) is 38.3 Å². The monoisotopic (exact) mass is 435 g/mol. The van der Waals surface area contributed by atoms with Crippen molar-refractivity contribution in [2.45, 2.75) is 42.7 Å². The number of nitrogens with zero attached hydrogens (tertiary/aromatic N) is 2. The van der Waals surface area contributed by atoms with Gasteiger partial charge in [-0.3, -0.25) is 4.79 Å². The first-order chi connectivity index (χ1) is 13.7. The van der Waals surface area contributed by atoms with E-state index in [1.54, 1.807) is 6.07 Å². The Hall–Kier alpha value is -2.39. The number of aromatic nitrogens is 2. The molecule has 2 saturated carbocycles. The van der Waals surface area contributed by atoms with Gasteiger partial charge in [0.05, 0.1) is 5.02 Å². The molecule has 0 saturated heterocycles. The van der Waals surface area contributed by atoms with Gasteiger partial charge in [0.15, 0.2) is 5.76 Å². The SMILES string of the molecule is CS(=O)(=O)c1ccc(C(=O)NC2CC3(C2)CC(c2nc4cc(Cl)cnc4o2)C3)o1. The van der Waals surface area contributed by atoms with Crippen LogP contribution < -0.4 is 5.32 Å². The quantitative estimate of drug-likeness (QED) is 0.668. The van der Waals surface area contributed by atoms with Crippen molar-refractivity contribution in [1.29, 1.82) is 0 Å². The number of amides is 1. The van der Waals surface area contributed by atoms with Gasteiger partial charge in [-0.1, -0.05) is 11.6 Å². The molecule has 0 bridgehead atoms. The van der Waals surface area contributed by atoms with E-state index in [0.717, 1.165) is 31.9 Å². The molecule has 29 heavy (non-hydrogen) atoms. The standard InChI is InChI=1S/C19H18ClN3O5S/c1-29(25,26)15-3-2-14(27-15)16(24)22-12-7-19(8-12)5-10(6-19)17-23-13-4-11(20)9-21-18(13)28-17/h2-4,9-10,12H,5-8H2,1H3,(H,22,24). The van der Waals surface area contributed by atoms with Crippen molar-refractivity contribution in [1.82, 2.24) is 15.3 Å². The minimum atomic E-state index is -3.47. The number of hydrogen-bond donors (Lipinski definition) is 1. The molecule has 0 aliphatic heterocycles. The molecule has 3 heterocycles. The van der Waals surface area contributed by atoms with Crippen LogP contribution >= 0.6 is 11.6 Å². The number of carbonyl (C=O) groups is 1. The van der Waals surface area contributed by atoms with E-state index >= 15 is 0 Å². The Bertz CT molecular complexity index is 1220. The zero-order valence-corrected chi connectivity index (χ0v) is 17.1. The molecule has 8 nitrogen and oxygen atoms in total. The summed E-state index contributed by atoms with van der Waals surface area (Å²) in [6.45, 7) is 0. The molecule has 3 aromatic rings. The van der Waals surface area contributed by atoms with Crippen LogP contribution in [0.2, 0.25) is 5.02 Å². The van der Waals surface area contributed by atoms with Crippen LogP contribution in [0, 0.1) is 5.41 Å². The number of rotatable bonds is 4. The van der Waals surface area contributed by atoms with Gasteiger partial charge in [-0.15, -0.1) is 0 Å². The van der Waals surface area contributed by atoms with E-state index in [9.17, 15) is 13.2 Å². The Morgan fingerprint density at radius 2 is 2.00 bits per heavy atom. The van der Waals surface area contributed by atoms with Crippen LogP contribution in [0.4, 0.5) is 0 Å². The fourth-order valence-electron chi connectivity index (χ4n) is 4.47. The topological polar surface area (TPSA) is 115 Å². The van der Waals surface area contributed by atoms with E-state index in [2.05, 4.69) is 15.3 Å². The third kappa shape index (κ3) is 3.32. The summed E-state index contributed by atoms with van der Waals surface area (Å²) < 4.78 is 33.8. The molecule has 152 valence electrons. The van der Waals surface area contributed by atoms with E-state index in [-0.39, 0.29) is 28.2 Å². The summed E-state index contributed by atoms with van der Waals surface area (Å²) in [7, 11) is -3.47. The Balaban J connectivity index is 1.16. The molecule has 2 fully saturated rings. The lowest BCUT2D eigenvalue weighted by atomic mass is 9.50. The van der Waals surface area contributed by atoms with E-state index in [1.807, 2.05) is 0 Å². The number of oxazole rings is 1. The first kappa shape index (κ1) is 18.6. The summed E-state index contributed by atoms with van der Waals surface area (Å²) in [4.78, 5) is 20.9. The maximum atomic E-state index is 12.3. The first-order valence-electron chi connectivity index (χ1n) is 9.24. The highest BCUT2D eigenvalue weighted by molar-refractivity contribution is 7.90. The average Bonchev–Trinajstić information content (AvgIpc) is 3.21. The summed E-state index contributed by atoms with van der Waals surface area (Å²) in [6.07, 6.45) is 6.24. The number of pyridine rings is 1. The van der Waals surface area contributed by atoms with Gasteiger partial charge in [0.1, 0.15) is 5.52 Å². The summed E-state index contributed by atoms with van der Waals surface area (Å²) in [6, 6.07) is 4.47. The molecule has 3 aromatic heterocycles. The zero-order valence-electron chi connectivity index (χ0n) is 15.5. The number of hydrogen-bond acceptors (Lipinski definition) is 7.